The molecule has 0 saturated heterocycles. The second kappa shape index (κ2) is 6.71. The quantitative estimate of drug-likeness (QED) is 0.668. The van der Waals surface area contributed by atoms with Gasteiger partial charge in [0.15, 0.2) is 0 Å². The van der Waals surface area contributed by atoms with Gasteiger partial charge in [-0.15, -0.1) is 0 Å². The van der Waals surface area contributed by atoms with E-state index in [2.05, 4.69) is 15.1 Å². The maximum atomic E-state index is 14.0. The Kier molecular flexibility index (Phi) is 4.50. The number of methoxy groups -OCH3 is 1. The average Bonchev–Trinajstić information content (AvgIpc) is 3.18. The molecule has 2 unspecified atom stereocenters. The molecule has 1 N–H and O–H groups in total. The van der Waals surface area contributed by atoms with Crippen LogP contribution in [0.3, 0.4) is 0 Å². The van der Waals surface area contributed by atoms with Crippen LogP contribution in [0.4, 0.5) is 8.78 Å². The highest BCUT2D eigenvalue weighted by molar-refractivity contribution is 5.85. The van der Waals surface area contributed by atoms with Crippen molar-refractivity contribution in [1.29, 1.82) is 0 Å². The highest BCUT2D eigenvalue weighted by Crippen LogP contribution is 2.45. The van der Waals surface area contributed by atoms with E-state index in [1.807, 2.05) is 26.1 Å². The molecule has 7 heteroatoms. The summed E-state index contributed by atoms with van der Waals surface area (Å²) in [5.74, 6) is -2.12. The summed E-state index contributed by atoms with van der Waals surface area (Å²) in [4.78, 5) is 7.65. The van der Waals surface area contributed by atoms with Crippen LogP contribution in [-0.2, 0) is 4.74 Å². The zero-order chi connectivity index (χ0) is 19.2. The molecule has 3 aromatic heterocycles. The van der Waals surface area contributed by atoms with Gasteiger partial charge in [-0.1, -0.05) is 5.16 Å². The third kappa shape index (κ3) is 3.25. The molecule has 5 nitrogen and oxygen atoms in total. The Morgan fingerprint density at radius 1 is 1.37 bits per heavy atom. The Bertz CT molecular complexity index is 944. The third-order valence-electron chi connectivity index (χ3n) is 5.55. The molecule has 1 aliphatic carbocycles. The summed E-state index contributed by atoms with van der Waals surface area (Å²) in [6.07, 6.45) is 4.27. The standard InChI is InChI=1S/C20H23F2N3O2/c1-11-17(12(2)27-25-11)14-7-15-16(10-24-19(15)23-9-14)18(26-3)13-5-4-6-20(21,22)8-13/h7,9-10,13,18H,4-6,8H2,1-3H3,(H,23,24). The maximum Gasteiger partial charge on any atom is 0.248 e. The summed E-state index contributed by atoms with van der Waals surface area (Å²) in [7, 11) is 1.59. The Morgan fingerprint density at radius 2 is 2.19 bits per heavy atom. The fourth-order valence-electron chi connectivity index (χ4n) is 4.33. The minimum absolute atomic E-state index is 0.0361. The molecule has 27 heavy (non-hydrogen) atoms. The number of hydrogen-bond acceptors (Lipinski definition) is 4. The number of ether oxygens (including phenoxy) is 1. The van der Waals surface area contributed by atoms with Gasteiger partial charge >= 0.3 is 0 Å². The van der Waals surface area contributed by atoms with Crippen molar-refractivity contribution < 1.29 is 18.0 Å². The van der Waals surface area contributed by atoms with E-state index >= 15 is 0 Å². The van der Waals surface area contributed by atoms with E-state index in [0.29, 0.717) is 12.1 Å². The topological polar surface area (TPSA) is 63.9 Å². The van der Waals surface area contributed by atoms with E-state index in [0.717, 1.165) is 40.0 Å². The fraction of sp³-hybridized carbons (Fsp3) is 0.500. The Hall–Kier alpha value is -2.28. The van der Waals surface area contributed by atoms with E-state index < -0.39 is 12.0 Å². The van der Waals surface area contributed by atoms with Crippen LogP contribution in [0, 0.1) is 19.8 Å². The molecule has 3 heterocycles. The zero-order valence-corrected chi connectivity index (χ0v) is 15.7. The van der Waals surface area contributed by atoms with Crippen LogP contribution >= 0.6 is 0 Å². The summed E-state index contributed by atoms with van der Waals surface area (Å²) in [6.45, 7) is 3.75. The maximum absolute atomic E-state index is 14.0. The van der Waals surface area contributed by atoms with Crippen molar-refractivity contribution >= 4 is 11.0 Å². The van der Waals surface area contributed by atoms with Gasteiger partial charge in [0, 0.05) is 54.4 Å². The molecule has 0 spiro atoms. The zero-order valence-electron chi connectivity index (χ0n) is 15.7. The molecule has 1 aliphatic rings. The smallest absolute Gasteiger partial charge is 0.248 e. The van der Waals surface area contributed by atoms with Crippen LogP contribution < -0.4 is 0 Å². The van der Waals surface area contributed by atoms with E-state index in [4.69, 9.17) is 9.26 Å². The van der Waals surface area contributed by atoms with Gasteiger partial charge < -0.3 is 14.2 Å². The number of H-pyrrole nitrogens is 1. The van der Waals surface area contributed by atoms with Gasteiger partial charge in [0.2, 0.25) is 5.92 Å². The van der Waals surface area contributed by atoms with Gasteiger partial charge in [0.1, 0.15) is 11.4 Å². The van der Waals surface area contributed by atoms with Gasteiger partial charge in [-0.25, -0.2) is 13.8 Å². The first kappa shape index (κ1) is 18.1. The number of pyridine rings is 1. The van der Waals surface area contributed by atoms with E-state index in [-0.39, 0.29) is 18.8 Å². The molecule has 0 bridgehead atoms. The highest BCUT2D eigenvalue weighted by atomic mass is 19.3. The van der Waals surface area contributed by atoms with Crippen molar-refractivity contribution in [2.45, 2.75) is 51.6 Å². The molecule has 1 fully saturated rings. The van der Waals surface area contributed by atoms with Crippen molar-refractivity contribution in [3.63, 3.8) is 0 Å². The van der Waals surface area contributed by atoms with Crippen LogP contribution in [0.1, 0.15) is 48.8 Å². The lowest BCUT2D eigenvalue weighted by atomic mass is 9.80. The minimum Gasteiger partial charge on any atom is -0.376 e. The summed E-state index contributed by atoms with van der Waals surface area (Å²) in [5, 5.41) is 4.89. The fourth-order valence-corrected chi connectivity index (χ4v) is 4.33. The van der Waals surface area contributed by atoms with Crippen molar-refractivity contribution in [2.24, 2.45) is 5.92 Å². The molecule has 3 aromatic rings. The van der Waals surface area contributed by atoms with Crippen molar-refractivity contribution in [2.75, 3.05) is 7.11 Å². The lowest BCUT2D eigenvalue weighted by Crippen LogP contribution is -2.30. The molecule has 0 aromatic carbocycles. The van der Waals surface area contributed by atoms with Crippen LogP contribution in [0.2, 0.25) is 0 Å². The van der Waals surface area contributed by atoms with Crippen LogP contribution in [-0.4, -0.2) is 28.2 Å². The molecular weight excluding hydrogens is 352 g/mol. The largest absolute Gasteiger partial charge is 0.376 e. The number of alkyl halides is 2. The Balaban J connectivity index is 1.76. The third-order valence-corrected chi connectivity index (χ3v) is 5.55. The lowest BCUT2D eigenvalue weighted by Gasteiger charge is -2.33. The lowest BCUT2D eigenvalue weighted by molar-refractivity contribution is -0.0829. The summed E-state index contributed by atoms with van der Waals surface area (Å²) in [6, 6.07) is 2.01. The predicted molar refractivity (Wildman–Crippen MR) is 97.7 cm³/mol. The van der Waals surface area contributed by atoms with Crippen LogP contribution in [0.25, 0.3) is 22.2 Å². The molecule has 0 amide bonds. The number of aryl methyl sites for hydroxylation is 2. The first-order chi connectivity index (χ1) is 12.9. The van der Waals surface area contributed by atoms with Crippen molar-refractivity contribution in [3.05, 3.63) is 35.5 Å². The number of fused-ring (bicyclic) bond motifs is 1. The van der Waals surface area contributed by atoms with E-state index in [9.17, 15) is 8.78 Å². The molecule has 1 saturated carbocycles. The molecular formula is C20H23F2N3O2. The second-order valence-corrected chi connectivity index (χ2v) is 7.43. The number of aromatic amines is 1. The van der Waals surface area contributed by atoms with Gasteiger partial charge in [-0.05, 0) is 38.7 Å². The molecule has 0 radical (unpaired) electrons. The summed E-state index contributed by atoms with van der Waals surface area (Å²) in [5.41, 5.74) is 4.18. The number of nitrogens with zero attached hydrogens (tertiary/aromatic N) is 2. The number of nitrogens with one attached hydrogen (secondary N) is 1. The number of rotatable bonds is 4. The van der Waals surface area contributed by atoms with Gasteiger partial charge in [-0.2, -0.15) is 0 Å². The monoisotopic (exact) mass is 375 g/mol. The number of halogens is 2. The molecule has 2 atom stereocenters. The van der Waals surface area contributed by atoms with E-state index in [1.54, 1.807) is 13.3 Å². The minimum atomic E-state index is -2.62. The SMILES string of the molecule is COC(c1c[nH]c2ncc(-c3c(C)noc3C)cc12)C1CCCC(F)(F)C1. The molecule has 144 valence electrons. The van der Waals surface area contributed by atoms with Gasteiger partial charge in [0.25, 0.3) is 0 Å². The van der Waals surface area contributed by atoms with E-state index in [1.165, 1.54) is 0 Å². The predicted octanol–water partition coefficient (Wildman–Crippen LogP) is 5.35. The van der Waals surface area contributed by atoms with Crippen molar-refractivity contribution in [1.82, 2.24) is 15.1 Å². The molecule has 4 rings (SSSR count). The summed E-state index contributed by atoms with van der Waals surface area (Å²) >= 11 is 0. The second-order valence-electron chi connectivity index (χ2n) is 7.43. The normalized spacial score (nSPS) is 20.9. The number of hydrogen-bond donors (Lipinski definition) is 1. The van der Waals surface area contributed by atoms with Crippen LogP contribution in [0.15, 0.2) is 23.0 Å². The van der Waals surface area contributed by atoms with Gasteiger partial charge in [-0.3, -0.25) is 0 Å². The highest BCUT2D eigenvalue weighted by Gasteiger charge is 2.40. The Morgan fingerprint density at radius 3 is 2.85 bits per heavy atom. The van der Waals surface area contributed by atoms with Crippen LogP contribution in [0.5, 0.6) is 0 Å². The molecule has 0 aliphatic heterocycles. The Labute approximate surface area is 156 Å². The average molecular weight is 375 g/mol. The van der Waals surface area contributed by atoms with Crippen molar-refractivity contribution in [3.8, 4) is 11.1 Å². The first-order valence-corrected chi connectivity index (χ1v) is 9.20. The summed E-state index contributed by atoms with van der Waals surface area (Å²) < 4.78 is 38.9. The number of aromatic nitrogens is 3. The van der Waals surface area contributed by atoms with Gasteiger partial charge in [0.05, 0.1) is 11.8 Å². The first-order valence-electron chi connectivity index (χ1n) is 9.20.